The van der Waals surface area contributed by atoms with Crippen molar-refractivity contribution in [2.24, 2.45) is 0 Å². The van der Waals surface area contributed by atoms with E-state index in [-0.39, 0.29) is 5.91 Å². The summed E-state index contributed by atoms with van der Waals surface area (Å²) in [5.41, 5.74) is 0.610. The van der Waals surface area contributed by atoms with Crippen LogP contribution in [-0.2, 0) is 11.2 Å². The molecule has 2 N–H and O–H groups in total. The summed E-state index contributed by atoms with van der Waals surface area (Å²) >= 11 is 13.3. The van der Waals surface area contributed by atoms with Crippen LogP contribution in [0.25, 0.3) is 0 Å². The Morgan fingerprint density at radius 2 is 2.14 bits per heavy atom. The number of hydrogen-bond donors (Lipinski definition) is 2. The summed E-state index contributed by atoms with van der Waals surface area (Å²) in [6.45, 7) is 3.71. The predicted octanol–water partition coefficient (Wildman–Crippen LogP) is 3.85. The number of hydrogen-bond acceptors (Lipinski definition) is 5. The Labute approximate surface area is 136 Å². The van der Waals surface area contributed by atoms with Crippen LogP contribution in [0.4, 0.5) is 10.8 Å². The zero-order valence-electron chi connectivity index (χ0n) is 11.5. The van der Waals surface area contributed by atoms with Gasteiger partial charge in [0.2, 0.25) is 11.0 Å². The van der Waals surface area contributed by atoms with Crippen molar-refractivity contribution in [3.63, 3.8) is 0 Å². The van der Waals surface area contributed by atoms with Crippen molar-refractivity contribution in [2.75, 3.05) is 10.6 Å². The second kappa shape index (κ2) is 7.06. The van der Waals surface area contributed by atoms with Crippen molar-refractivity contribution in [2.45, 2.75) is 26.3 Å². The van der Waals surface area contributed by atoms with Gasteiger partial charge in [0.1, 0.15) is 11.0 Å². The molecule has 0 saturated heterocycles. The summed E-state index contributed by atoms with van der Waals surface area (Å²) in [5.74, 6) is -0.218. The van der Waals surface area contributed by atoms with E-state index in [1.807, 2.05) is 6.92 Å². The molecule has 1 atom stereocenters. The number of amides is 1. The largest absolute Gasteiger partial charge is 0.373 e. The van der Waals surface area contributed by atoms with Crippen LogP contribution in [0, 0.1) is 0 Å². The lowest BCUT2D eigenvalue weighted by Gasteiger charge is -2.15. The molecule has 112 valence electrons. The number of rotatable bonds is 5. The number of nitrogens with one attached hydrogen (secondary N) is 2. The van der Waals surface area contributed by atoms with Gasteiger partial charge in [-0.3, -0.25) is 10.1 Å². The maximum absolute atomic E-state index is 12.1. The minimum absolute atomic E-state index is 0.218. The number of carbonyl (C=O) groups excluding carboxylic acids is 1. The molecule has 1 aromatic heterocycles. The highest BCUT2D eigenvalue weighted by molar-refractivity contribution is 7.15. The quantitative estimate of drug-likeness (QED) is 0.864. The smallest absolute Gasteiger partial charge is 0.248 e. The summed E-state index contributed by atoms with van der Waals surface area (Å²) in [5, 5.41) is 16.0. The first kappa shape index (κ1) is 16.0. The van der Waals surface area contributed by atoms with Gasteiger partial charge in [0.05, 0.1) is 10.7 Å². The van der Waals surface area contributed by atoms with E-state index in [1.165, 1.54) is 11.3 Å². The minimum Gasteiger partial charge on any atom is -0.373 e. The number of halogens is 2. The first-order chi connectivity index (χ1) is 9.99. The summed E-state index contributed by atoms with van der Waals surface area (Å²) in [7, 11) is 0. The topological polar surface area (TPSA) is 66.9 Å². The normalized spacial score (nSPS) is 12.0. The van der Waals surface area contributed by atoms with Gasteiger partial charge in [-0.1, -0.05) is 41.5 Å². The van der Waals surface area contributed by atoms with E-state index in [4.69, 9.17) is 23.2 Å². The number of benzene rings is 1. The fourth-order valence-corrected chi connectivity index (χ4v) is 2.59. The van der Waals surface area contributed by atoms with Gasteiger partial charge < -0.3 is 5.32 Å². The van der Waals surface area contributed by atoms with Crippen molar-refractivity contribution in [1.29, 1.82) is 0 Å². The molecule has 0 bridgehead atoms. The maximum atomic E-state index is 12.1. The summed E-state index contributed by atoms with van der Waals surface area (Å²) in [6, 6.07) is 4.55. The molecule has 0 unspecified atom stereocenters. The van der Waals surface area contributed by atoms with Gasteiger partial charge in [-0.2, -0.15) is 0 Å². The van der Waals surface area contributed by atoms with Gasteiger partial charge in [0, 0.05) is 5.02 Å². The molecule has 1 aromatic carbocycles. The van der Waals surface area contributed by atoms with Crippen LogP contribution in [0.1, 0.15) is 18.9 Å². The van der Waals surface area contributed by atoms with Gasteiger partial charge in [-0.05, 0) is 31.5 Å². The highest BCUT2D eigenvalue weighted by Crippen LogP contribution is 2.26. The second-order valence-electron chi connectivity index (χ2n) is 4.33. The monoisotopic (exact) mass is 344 g/mol. The van der Waals surface area contributed by atoms with E-state index in [1.54, 1.807) is 25.1 Å². The molecule has 0 aliphatic rings. The molecule has 0 spiro atoms. The molecule has 1 amide bonds. The lowest BCUT2D eigenvalue weighted by molar-refractivity contribution is -0.116. The SMILES string of the molecule is CCc1nnc(NC(=O)[C@@H](C)Nc2cc(Cl)ccc2Cl)s1. The summed E-state index contributed by atoms with van der Waals surface area (Å²) < 4.78 is 0. The maximum Gasteiger partial charge on any atom is 0.248 e. The molecule has 21 heavy (non-hydrogen) atoms. The lowest BCUT2D eigenvalue weighted by atomic mass is 10.2. The van der Waals surface area contributed by atoms with Crippen molar-refractivity contribution >= 4 is 51.3 Å². The van der Waals surface area contributed by atoms with Crippen LogP contribution in [0.2, 0.25) is 10.0 Å². The van der Waals surface area contributed by atoms with E-state index in [9.17, 15) is 4.79 Å². The number of anilines is 2. The van der Waals surface area contributed by atoms with Crippen LogP contribution >= 0.6 is 34.5 Å². The lowest BCUT2D eigenvalue weighted by Crippen LogP contribution is -2.31. The first-order valence-electron chi connectivity index (χ1n) is 6.34. The van der Waals surface area contributed by atoms with E-state index in [2.05, 4.69) is 20.8 Å². The Balaban J connectivity index is 2.00. The van der Waals surface area contributed by atoms with Crippen LogP contribution in [0.15, 0.2) is 18.2 Å². The number of aryl methyl sites for hydroxylation is 1. The number of aromatic nitrogens is 2. The van der Waals surface area contributed by atoms with E-state index >= 15 is 0 Å². The van der Waals surface area contributed by atoms with Crippen molar-refractivity contribution in [3.8, 4) is 0 Å². The molecular formula is C13H14Cl2N4OS. The highest BCUT2D eigenvalue weighted by Gasteiger charge is 2.16. The molecule has 2 rings (SSSR count). The standard InChI is InChI=1S/C13H14Cl2N4OS/c1-3-11-18-19-13(21-11)17-12(20)7(2)16-10-6-8(14)4-5-9(10)15/h4-7,16H,3H2,1-2H3,(H,17,19,20)/t7-/m1/s1. The van der Waals surface area contributed by atoms with Crippen LogP contribution < -0.4 is 10.6 Å². The van der Waals surface area contributed by atoms with Crippen LogP contribution in [0.3, 0.4) is 0 Å². The Hall–Kier alpha value is -1.37. The number of carbonyl (C=O) groups is 1. The van der Waals surface area contributed by atoms with Crippen LogP contribution in [0.5, 0.6) is 0 Å². The third-order valence-electron chi connectivity index (χ3n) is 2.69. The molecule has 8 heteroatoms. The Morgan fingerprint density at radius 3 is 2.81 bits per heavy atom. The molecule has 0 radical (unpaired) electrons. The Bertz CT molecular complexity index is 647. The van der Waals surface area contributed by atoms with Gasteiger partial charge >= 0.3 is 0 Å². The van der Waals surface area contributed by atoms with E-state index in [0.29, 0.717) is 20.9 Å². The Kier molecular flexibility index (Phi) is 5.39. The van der Waals surface area contributed by atoms with Crippen LogP contribution in [-0.4, -0.2) is 22.1 Å². The minimum atomic E-state index is -0.491. The van der Waals surface area contributed by atoms with Gasteiger partial charge in [-0.25, -0.2) is 0 Å². The van der Waals surface area contributed by atoms with Crippen molar-refractivity contribution < 1.29 is 4.79 Å². The zero-order valence-corrected chi connectivity index (χ0v) is 13.8. The average Bonchev–Trinajstić information content (AvgIpc) is 2.90. The van der Waals surface area contributed by atoms with Gasteiger partial charge in [-0.15, -0.1) is 10.2 Å². The summed E-state index contributed by atoms with van der Waals surface area (Å²) in [6.07, 6.45) is 0.791. The predicted molar refractivity (Wildman–Crippen MR) is 87.5 cm³/mol. The fraction of sp³-hybridized carbons (Fsp3) is 0.308. The molecule has 0 fully saturated rings. The van der Waals surface area contributed by atoms with Gasteiger partial charge in [0.15, 0.2) is 0 Å². The second-order valence-corrected chi connectivity index (χ2v) is 6.24. The fourth-order valence-electron chi connectivity index (χ4n) is 1.57. The van der Waals surface area contributed by atoms with Crippen molar-refractivity contribution in [3.05, 3.63) is 33.3 Å². The molecule has 1 heterocycles. The van der Waals surface area contributed by atoms with E-state index in [0.717, 1.165) is 11.4 Å². The first-order valence-corrected chi connectivity index (χ1v) is 7.91. The molecule has 0 aliphatic heterocycles. The molecule has 0 aliphatic carbocycles. The number of nitrogens with zero attached hydrogens (tertiary/aromatic N) is 2. The molecule has 5 nitrogen and oxygen atoms in total. The zero-order chi connectivity index (χ0) is 15.4. The third kappa shape index (κ3) is 4.30. The molecule has 2 aromatic rings. The third-order valence-corrected chi connectivity index (χ3v) is 4.24. The van der Waals surface area contributed by atoms with Gasteiger partial charge in [0.25, 0.3) is 0 Å². The average molecular weight is 345 g/mol. The van der Waals surface area contributed by atoms with Crippen molar-refractivity contribution in [1.82, 2.24) is 10.2 Å². The molecular weight excluding hydrogens is 331 g/mol. The highest BCUT2D eigenvalue weighted by atomic mass is 35.5. The molecule has 0 saturated carbocycles. The van der Waals surface area contributed by atoms with E-state index < -0.39 is 6.04 Å². The summed E-state index contributed by atoms with van der Waals surface area (Å²) in [4.78, 5) is 12.1. The Morgan fingerprint density at radius 1 is 1.38 bits per heavy atom.